The number of hydrazine groups is 1. The van der Waals surface area contributed by atoms with Crippen LogP contribution in [0, 0.1) is 12.8 Å². The number of rotatable bonds is 7. The Morgan fingerprint density at radius 2 is 1.53 bits per heavy atom. The normalized spacial score (nSPS) is 14.8. The van der Waals surface area contributed by atoms with E-state index in [4.69, 9.17) is 9.47 Å². The first-order chi connectivity index (χ1) is 17.4. The second kappa shape index (κ2) is 11.2. The van der Waals surface area contributed by atoms with Gasteiger partial charge in [0.1, 0.15) is 11.5 Å². The predicted molar refractivity (Wildman–Crippen MR) is 131 cm³/mol. The van der Waals surface area contributed by atoms with E-state index in [1.54, 1.807) is 54.6 Å². The Morgan fingerprint density at radius 1 is 0.889 bits per heavy atom. The summed E-state index contributed by atoms with van der Waals surface area (Å²) in [5, 5.41) is 0. The van der Waals surface area contributed by atoms with Gasteiger partial charge in [-0.2, -0.15) is 0 Å². The van der Waals surface area contributed by atoms with Crippen molar-refractivity contribution in [3.63, 3.8) is 0 Å². The summed E-state index contributed by atoms with van der Waals surface area (Å²) in [6, 6.07) is 23.0. The van der Waals surface area contributed by atoms with E-state index in [2.05, 4.69) is 10.9 Å². The number of nitrogens with one attached hydrogen (secondary N) is 2. The molecule has 9 nitrogen and oxygen atoms in total. The second-order valence-corrected chi connectivity index (χ2v) is 8.29. The van der Waals surface area contributed by atoms with Crippen LogP contribution in [-0.4, -0.2) is 36.8 Å². The van der Waals surface area contributed by atoms with E-state index in [9.17, 15) is 19.2 Å². The fraction of sp³-hybridized carbons (Fsp3) is 0.185. The highest BCUT2D eigenvalue weighted by Gasteiger charge is 2.36. The number of benzene rings is 3. The zero-order chi connectivity index (χ0) is 25.5. The minimum atomic E-state index is -0.701. The van der Waals surface area contributed by atoms with E-state index in [1.165, 1.54) is 4.90 Å². The maximum atomic E-state index is 12.5. The van der Waals surface area contributed by atoms with E-state index < -0.39 is 30.3 Å². The molecule has 184 valence electrons. The molecule has 1 saturated heterocycles. The molecule has 3 aromatic carbocycles. The van der Waals surface area contributed by atoms with Crippen LogP contribution in [0.5, 0.6) is 11.5 Å². The maximum Gasteiger partial charge on any atom is 0.311 e. The highest BCUT2D eigenvalue weighted by Crippen LogP contribution is 2.29. The van der Waals surface area contributed by atoms with Crippen LogP contribution in [0.15, 0.2) is 78.9 Å². The Balaban J connectivity index is 1.24. The molecule has 0 spiro atoms. The number of amides is 3. The van der Waals surface area contributed by atoms with Crippen molar-refractivity contribution in [2.24, 2.45) is 5.92 Å². The van der Waals surface area contributed by atoms with Crippen molar-refractivity contribution in [2.45, 2.75) is 13.3 Å². The molecule has 0 saturated carbocycles. The summed E-state index contributed by atoms with van der Waals surface area (Å²) >= 11 is 0. The molecule has 1 fully saturated rings. The summed E-state index contributed by atoms with van der Waals surface area (Å²) in [5.74, 6) is -1.45. The summed E-state index contributed by atoms with van der Waals surface area (Å²) in [4.78, 5) is 50.3. The van der Waals surface area contributed by atoms with E-state index in [0.717, 1.165) is 5.56 Å². The van der Waals surface area contributed by atoms with Crippen molar-refractivity contribution in [2.75, 3.05) is 18.1 Å². The molecular formula is C27H25N3O6. The summed E-state index contributed by atoms with van der Waals surface area (Å²) in [6.45, 7) is 1.56. The Labute approximate surface area is 208 Å². The lowest BCUT2D eigenvalue weighted by Crippen LogP contribution is -2.43. The molecule has 1 heterocycles. The molecule has 36 heavy (non-hydrogen) atoms. The van der Waals surface area contributed by atoms with Crippen LogP contribution >= 0.6 is 0 Å². The van der Waals surface area contributed by atoms with Crippen molar-refractivity contribution < 1.29 is 28.7 Å². The van der Waals surface area contributed by atoms with Crippen LogP contribution in [0.2, 0.25) is 0 Å². The number of aryl methyl sites for hydroxylation is 1. The second-order valence-electron chi connectivity index (χ2n) is 8.29. The number of esters is 1. The minimum Gasteiger partial charge on any atom is -0.457 e. The average Bonchev–Trinajstić information content (AvgIpc) is 3.29. The van der Waals surface area contributed by atoms with Crippen LogP contribution in [0.4, 0.5) is 5.69 Å². The van der Waals surface area contributed by atoms with Crippen molar-refractivity contribution in [3.8, 4) is 11.5 Å². The number of hydrogen-bond acceptors (Lipinski definition) is 6. The van der Waals surface area contributed by atoms with E-state index in [-0.39, 0.29) is 18.9 Å². The van der Waals surface area contributed by atoms with Gasteiger partial charge in [-0.1, -0.05) is 35.9 Å². The van der Waals surface area contributed by atoms with Gasteiger partial charge in [0, 0.05) is 24.2 Å². The molecule has 2 N–H and O–H groups in total. The van der Waals surface area contributed by atoms with Gasteiger partial charge in [-0.3, -0.25) is 30.0 Å². The van der Waals surface area contributed by atoms with Crippen LogP contribution in [0.3, 0.4) is 0 Å². The van der Waals surface area contributed by atoms with Crippen molar-refractivity contribution in [1.29, 1.82) is 0 Å². The fourth-order valence-corrected chi connectivity index (χ4v) is 3.63. The molecule has 0 bridgehead atoms. The first-order valence-corrected chi connectivity index (χ1v) is 11.3. The van der Waals surface area contributed by atoms with Gasteiger partial charge < -0.3 is 14.4 Å². The maximum absolute atomic E-state index is 12.5. The molecule has 3 amide bonds. The van der Waals surface area contributed by atoms with Gasteiger partial charge >= 0.3 is 5.97 Å². The molecular weight excluding hydrogens is 462 g/mol. The molecule has 0 unspecified atom stereocenters. The molecule has 0 radical (unpaired) electrons. The summed E-state index contributed by atoms with van der Waals surface area (Å²) in [5.41, 5.74) is 6.57. The van der Waals surface area contributed by atoms with Gasteiger partial charge in [0.15, 0.2) is 6.61 Å². The number of ether oxygens (including phenoxy) is 2. The SMILES string of the molecule is Cc1ccc(Oc2ccc(N3C[C@H](C(=O)OCC(=O)NNC(=O)c4ccccc4)CC3=O)cc2)cc1. The zero-order valence-electron chi connectivity index (χ0n) is 19.6. The summed E-state index contributed by atoms with van der Waals surface area (Å²) in [6.07, 6.45) is -0.0210. The van der Waals surface area contributed by atoms with Crippen molar-refractivity contribution in [3.05, 3.63) is 90.0 Å². The average molecular weight is 488 g/mol. The predicted octanol–water partition coefficient (Wildman–Crippen LogP) is 3.14. The number of carbonyl (C=O) groups is 4. The Kier molecular flexibility index (Phi) is 7.60. The smallest absolute Gasteiger partial charge is 0.311 e. The molecule has 3 aromatic rings. The van der Waals surface area contributed by atoms with Crippen molar-refractivity contribution >= 4 is 29.4 Å². The minimum absolute atomic E-state index is 0.0210. The number of anilines is 1. The zero-order valence-corrected chi connectivity index (χ0v) is 19.6. The Morgan fingerprint density at radius 3 is 2.19 bits per heavy atom. The van der Waals surface area contributed by atoms with Gasteiger partial charge in [0.2, 0.25) is 5.91 Å². The van der Waals surface area contributed by atoms with Gasteiger partial charge in [-0.15, -0.1) is 0 Å². The molecule has 1 aliphatic heterocycles. The van der Waals surface area contributed by atoms with Gasteiger partial charge in [-0.25, -0.2) is 0 Å². The van der Waals surface area contributed by atoms with Crippen LogP contribution < -0.4 is 20.5 Å². The van der Waals surface area contributed by atoms with Crippen LogP contribution in [-0.2, 0) is 19.1 Å². The lowest BCUT2D eigenvalue weighted by atomic mass is 10.1. The first-order valence-electron chi connectivity index (χ1n) is 11.3. The van der Waals surface area contributed by atoms with Gasteiger partial charge in [0.25, 0.3) is 11.8 Å². The largest absolute Gasteiger partial charge is 0.457 e. The van der Waals surface area contributed by atoms with E-state index in [0.29, 0.717) is 22.7 Å². The molecule has 0 aliphatic carbocycles. The number of carbonyl (C=O) groups excluding carboxylic acids is 4. The Bertz CT molecular complexity index is 1240. The molecule has 1 aliphatic rings. The van der Waals surface area contributed by atoms with Crippen LogP contribution in [0.1, 0.15) is 22.3 Å². The molecule has 0 aromatic heterocycles. The topological polar surface area (TPSA) is 114 Å². The Hall–Kier alpha value is -4.66. The molecule has 1 atom stereocenters. The summed E-state index contributed by atoms with van der Waals surface area (Å²) < 4.78 is 10.9. The quantitative estimate of drug-likeness (QED) is 0.391. The highest BCUT2D eigenvalue weighted by molar-refractivity contribution is 6.00. The lowest BCUT2D eigenvalue weighted by Gasteiger charge is -2.17. The third-order valence-corrected chi connectivity index (χ3v) is 5.56. The number of hydrogen-bond donors (Lipinski definition) is 2. The number of nitrogens with zero attached hydrogens (tertiary/aromatic N) is 1. The lowest BCUT2D eigenvalue weighted by molar-refractivity contribution is -0.152. The van der Waals surface area contributed by atoms with Crippen molar-refractivity contribution in [1.82, 2.24) is 10.9 Å². The van der Waals surface area contributed by atoms with Gasteiger partial charge in [0.05, 0.1) is 5.92 Å². The standard InChI is InChI=1S/C27H25N3O6/c1-18-7-11-22(12-8-18)36-23-13-9-21(10-14-23)30-16-20(15-25(30)32)27(34)35-17-24(31)28-29-26(33)19-5-3-2-4-6-19/h2-14,20H,15-17H2,1H3,(H,28,31)(H,29,33)/t20-/m1/s1. The highest BCUT2D eigenvalue weighted by atomic mass is 16.5. The van der Waals surface area contributed by atoms with Gasteiger partial charge in [-0.05, 0) is 55.5 Å². The van der Waals surface area contributed by atoms with E-state index >= 15 is 0 Å². The molecule has 4 rings (SSSR count). The third kappa shape index (κ3) is 6.26. The van der Waals surface area contributed by atoms with Crippen LogP contribution in [0.25, 0.3) is 0 Å². The fourth-order valence-electron chi connectivity index (χ4n) is 3.63. The molecule has 9 heteroatoms. The summed E-state index contributed by atoms with van der Waals surface area (Å²) in [7, 11) is 0. The monoisotopic (exact) mass is 487 g/mol. The van der Waals surface area contributed by atoms with E-state index in [1.807, 2.05) is 31.2 Å². The first kappa shape index (κ1) is 24.5. The third-order valence-electron chi connectivity index (χ3n) is 5.56.